The summed E-state index contributed by atoms with van der Waals surface area (Å²) in [5.41, 5.74) is 24.7. The SMILES string of the molecule is CC1(C)c2ccccc2-c2cccc(N(c3ccc(-c4cccc5c4c4ccccc4n5-c4ccccc4)cc3)c3ccc4c(c3)C3(c5ccccc5-c5ccccc53)c3ccccc3-4)c21. The van der Waals surface area contributed by atoms with Gasteiger partial charge in [-0.2, -0.15) is 0 Å². The molecule has 0 unspecified atom stereocenters. The van der Waals surface area contributed by atoms with Crippen molar-refractivity contribution < 1.29 is 0 Å². The molecule has 11 aromatic rings. The van der Waals surface area contributed by atoms with Gasteiger partial charge in [-0.25, -0.2) is 0 Å². The molecule has 0 saturated heterocycles. The van der Waals surface area contributed by atoms with Crippen LogP contribution in [-0.2, 0) is 10.8 Å². The zero-order chi connectivity index (χ0) is 43.7. The van der Waals surface area contributed by atoms with Gasteiger partial charge in [0, 0.05) is 33.2 Å². The molecule has 1 aromatic heterocycles. The predicted molar refractivity (Wildman–Crippen MR) is 275 cm³/mol. The van der Waals surface area contributed by atoms with E-state index in [2.05, 4.69) is 254 Å². The topological polar surface area (TPSA) is 8.17 Å². The summed E-state index contributed by atoms with van der Waals surface area (Å²) in [6, 6.07) is 86.2. The van der Waals surface area contributed by atoms with Crippen molar-refractivity contribution in [1.29, 1.82) is 0 Å². The minimum atomic E-state index is -0.448. The Hall–Kier alpha value is -8.20. The number of aromatic nitrogens is 1. The van der Waals surface area contributed by atoms with Gasteiger partial charge in [-0.3, -0.25) is 0 Å². The van der Waals surface area contributed by atoms with Crippen LogP contribution in [0.15, 0.2) is 231 Å². The molecule has 3 aliphatic carbocycles. The quantitative estimate of drug-likeness (QED) is 0.168. The summed E-state index contributed by atoms with van der Waals surface area (Å²) in [5, 5.41) is 2.52. The highest BCUT2D eigenvalue weighted by Crippen LogP contribution is 2.64. The van der Waals surface area contributed by atoms with Crippen molar-refractivity contribution in [3.63, 3.8) is 0 Å². The smallest absolute Gasteiger partial charge is 0.0726 e. The number of nitrogens with zero attached hydrogens (tertiary/aromatic N) is 2. The molecule has 0 fully saturated rings. The van der Waals surface area contributed by atoms with Crippen LogP contribution >= 0.6 is 0 Å². The third-order valence-corrected chi connectivity index (χ3v) is 15.2. The van der Waals surface area contributed by atoms with Crippen LogP contribution in [0.5, 0.6) is 0 Å². The van der Waals surface area contributed by atoms with Crippen molar-refractivity contribution in [2.45, 2.75) is 24.7 Å². The first-order valence-corrected chi connectivity index (χ1v) is 23.2. The van der Waals surface area contributed by atoms with Gasteiger partial charge in [0.05, 0.1) is 22.1 Å². The van der Waals surface area contributed by atoms with E-state index >= 15 is 0 Å². The third-order valence-electron chi connectivity index (χ3n) is 15.2. The first-order valence-electron chi connectivity index (χ1n) is 23.2. The molecule has 0 amide bonds. The molecule has 0 atom stereocenters. The fraction of sp³-hybridized carbons (Fsp3) is 0.0625. The zero-order valence-corrected chi connectivity index (χ0v) is 36.8. The largest absolute Gasteiger partial charge is 0.310 e. The highest BCUT2D eigenvalue weighted by Gasteiger charge is 2.52. The number of hydrogen-bond acceptors (Lipinski definition) is 1. The van der Waals surface area contributed by atoms with Crippen LogP contribution in [0.4, 0.5) is 17.1 Å². The summed E-state index contributed by atoms with van der Waals surface area (Å²) in [5.74, 6) is 0. The number of para-hydroxylation sites is 2. The highest BCUT2D eigenvalue weighted by molar-refractivity contribution is 6.16. The minimum absolute atomic E-state index is 0.221. The second-order valence-corrected chi connectivity index (χ2v) is 18.8. The van der Waals surface area contributed by atoms with Crippen molar-refractivity contribution in [1.82, 2.24) is 4.57 Å². The van der Waals surface area contributed by atoms with Crippen LogP contribution in [0.3, 0.4) is 0 Å². The Balaban J connectivity index is 0.999. The Kier molecular flexibility index (Phi) is 7.70. The summed E-state index contributed by atoms with van der Waals surface area (Å²) >= 11 is 0. The molecule has 14 rings (SSSR count). The summed E-state index contributed by atoms with van der Waals surface area (Å²) in [7, 11) is 0. The van der Waals surface area contributed by atoms with Crippen molar-refractivity contribution in [2.24, 2.45) is 0 Å². The van der Waals surface area contributed by atoms with Crippen molar-refractivity contribution in [3.05, 3.63) is 264 Å². The average molecular weight is 841 g/mol. The van der Waals surface area contributed by atoms with Crippen molar-refractivity contribution in [2.75, 3.05) is 4.90 Å². The predicted octanol–water partition coefficient (Wildman–Crippen LogP) is 16.6. The zero-order valence-electron chi connectivity index (χ0n) is 36.8. The van der Waals surface area contributed by atoms with E-state index in [0.717, 1.165) is 17.1 Å². The van der Waals surface area contributed by atoms with Gasteiger partial charge in [0.2, 0.25) is 0 Å². The van der Waals surface area contributed by atoms with E-state index < -0.39 is 5.41 Å². The van der Waals surface area contributed by atoms with E-state index in [1.165, 1.54) is 105 Å². The fourth-order valence-corrected chi connectivity index (χ4v) is 12.6. The second kappa shape index (κ2) is 13.7. The summed E-state index contributed by atoms with van der Waals surface area (Å²) in [4.78, 5) is 2.54. The third kappa shape index (κ3) is 4.85. The van der Waals surface area contributed by atoms with E-state index in [1.807, 2.05) is 0 Å². The van der Waals surface area contributed by atoms with Crippen LogP contribution in [0.2, 0.25) is 0 Å². The molecule has 310 valence electrons. The van der Waals surface area contributed by atoms with E-state index in [9.17, 15) is 0 Å². The van der Waals surface area contributed by atoms with Crippen molar-refractivity contribution in [3.8, 4) is 50.2 Å². The van der Waals surface area contributed by atoms with Gasteiger partial charge in [-0.15, -0.1) is 0 Å². The number of hydrogen-bond donors (Lipinski definition) is 0. The van der Waals surface area contributed by atoms with Crippen LogP contribution in [0.1, 0.15) is 47.2 Å². The Labute approximate surface area is 385 Å². The molecular weight excluding hydrogens is 797 g/mol. The van der Waals surface area contributed by atoms with Gasteiger partial charge in [0.15, 0.2) is 0 Å². The highest BCUT2D eigenvalue weighted by atomic mass is 15.1. The molecule has 0 aliphatic heterocycles. The van der Waals surface area contributed by atoms with Crippen LogP contribution in [0, 0.1) is 0 Å². The van der Waals surface area contributed by atoms with E-state index in [1.54, 1.807) is 0 Å². The molecule has 0 N–H and O–H groups in total. The molecule has 1 spiro atoms. The average Bonchev–Trinajstić information content (AvgIpc) is 4.05. The molecule has 0 radical (unpaired) electrons. The molecule has 66 heavy (non-hydrogen) atoms. The van der Waals surface area contributed by atoms with E-state index in [0.29, 0.717) is 0 Å². The molecule has 3 aliphatic rings. The molecule has 2 nitrogen and oxygen atoms in total. The number of anilines is 3. The first-order chi connectivity index (χ1) is 32.5. The standard InChI is InChI=1S/C64H44N2/c1-63(2)53-27-11-6-23-49(53)51-26-17-33-60(62(51)63)65(43-36-34-41(35-37-43)45-25-16-32-59-61(45)52-24-10-15-31-58(52)66(59)42-18-4-3-5-19-42)44-38-39-50-48-22-9-14-30-56(48)64(57(50)40-44)54-28-12-7-20-46(54)47-21-8-13-29-55(47)64/h3-40H,1-2H3. The van der Waals surface area contributed by atoms with Gasteiger partial charge in [-0.1, -0.05) is 190 Å². The molecule has 0 bridgehead atoms. The molecule has 2 heteroatoms. The van der Waals surface area contributed by atoms with E-state index in [4.69, 9.17) is 0 Å². The second-order valence-electron chi connectivity index (χ2n) is 18.8. The van der Waals surface area contributed by atoms with Gasteiger partial charge >= 0.3 is 0 Å². The lowest BCUT2D eigenvalue weighted by Gasteiger charge is -2.34. The Morgan fingerprint density at radius 2 is 0.864 bits per heavy atom. The number of rotatable bonds is 5. The molecule has 1 heterocycles. The Bertz CT molecular complexity index is 3730. The maximum Gasteiger partial charge on any atom is 0.0726 e. The maximum absolute atomic E-state index is 2.54. The maximum atomic E-state index is 2.54. The van der Waals surface area contributed by atoms with Crippen molar-refractivity contribution >= 4 is 38.9 Å². The van der Waals surface area contributed by atoms with Gasteiger partial charge in [-0.05, 0) is 132 Å². The van der Waals surface area contributed by atoms with Gasteiger partial charge < -0.3 is 9.47 Å². The monoisotopic (exact) mass is 840 g/mol. The fourth-order valence-electron chi connectivity index (χ4n) is 12.6. The first kappa shape index (κ1) is 37.2. The molecular formula is C64H44N2. The summed E-state index contributed by atoms with van der Waals surface area (Å²) < 4.78 is 2.40. The minimum Gasteiger partial charge on any atom is -0.310 e. The van der Waals surface area contributed by atoms with Gasteiger partial charge in [0.25, 0.3) is 0 Å². The Morgan fingerprint density at radius 3 is 1.55 bits per heavy atom. The lowest BCUT2D eigenvalue weighted by molar-refractivity contribution is 0.661. The lowest BCUT2D eigenvalue weighted by atomic mass is 9.70. The van der Waals surface area contributed by atoms with E-state index in [-0.39, 0.29) is 5.41 Å². The molecule has 10 aromatic carbocycles. The summed E-state index contributed by atoms with van der Waals surface area (Å²) in [6.45, 7) is 4.80. The van der Waals surface area contributed by atoms with Gasteiger partial charge in [0.1, 0.15) is 0 Å². The number of fused-ring (bicyclic) bond motifs is 16. The summed E-state index contributed by atoms with van der Waals surface area (Å²) in [6.07, 6.45) is 0. The van der Waals surface area contributed by atoms with Crippen LogP contribution in [0.25, 0.3) is 72.0 Å². The number of benzene rings is 10. The van der Waals surface area contributed by atoms with Crippen LogP contribution < -0.4 is 4.90 Å². The molecule has 0 saturated carbocycles. The normalized spacial score (nSPS) is 14.2. The lowest BCUT2D eigenvalue weighted by Crippen LogP contribution is -2.26. The van der Waals surface area contributed by atoms with Crippen LogP contribution in [-0.4, -0.2) is 4.57 Å². The Morgan fingerprint density at radius 1 is 0.364 bits per heavy atom.